The molecule has 0 aromatic rings. The number of hydrogen-bond donors (Lipinski definition) is 0. The fourth-order valence-electron chi connectivity index (χ4n) is 4.72. The zero-order valence-corrected chi connectivity index (χ0v) is 12.3. The van der Waals surface area contributed by atoms with Crippen LogP contribution in [-0.4, -0.2) is 0 Å². The van der Waals surface area contributed by atoms with Crippen LogP contribution in [0.2, 0.25) is 0 Å². The zero-order chi connectivity index (χ0) is 13.2. The highest BCUT2D eigenvalue weighted by Crippen LogP contribution is 2.80. The average molecular weight is 243 g/mol. The van der Waals surface area contributed by atoms with Crippen molar-refractivity contribution in [2.75, 3.05) is 0 Å². The van der Waals surface area contributed by atoms with E-state index in [0.29, 0.717) is 16.2 Å². The first-order valence-electron chi connectivity index (χ1n) is 7.45. The fourth-order valence-corrected chi connectivity index (χ4v) is 4.72. The Hall–Kier alpha value is -0.770. The van der Waals surface area contributed by atoms with Crippen LogP contribution in [0.25, 0.3) is 0 Å². The monoisotopic (exact) mass is 243 g/mol. The number of rotatable bonds is 2. The predicted octanol–water partition coefficient (Wildman–Crippen LogP) is 4.84. The average Bonchev–Trinajstić information content (AvgIpc) is 2.11. The van der Waals surface area contributed by atoms with Crippen LogP contribution in [-0.2, 0) is 0 Å². The molecule has 0 N–H and O–H groups in total. The Balaban J connectivity index is 1.85. The highest BCUT2D eigenvalue weighted by atomic mass is 14.7. The summed E-state index contributed by atoms with van der Waals surface area (Å²) < 4.78 is 0. The first kappa shape index (κ1) is 12.3. The molecule has 0 radical (unpaired) electrons. The number of nitrogens with zero attached hydrogens (tertiary/aromatic N) is 1. The molecule has 18 heavy (non-hydrogen) atoms. The molecule has 4 rings (SSSR count). The van der Waals surface area contributed by atoms with E-state index in [2.05, 4.69) is 33.8 Å². The summed E-state index contributed by atoms with van der Waals surface area (Å²) >= 11 is 0. The molecular weight excluding hydrogens is 218 g/mol. The quantitative estimate of drug-likeness (QED) is 0.680. The second kappa shape index (κ2) is 3.41. The second-order valence-electron chi connectivity index (χ2n) is 8.24. The fraction of sp³-hybridized carbons (Fsp3) is 0.824. The van der Waals surface area contributed by atoms with Gasteiger partial charge in [-0.15, -0.1) is 0 Å². The van der Waals surface area contributed by atoms with Crippen LogP contribution in [0.4, 0.5) is 0 Å². The maximum atomic E-state index is 9.40. The Bertz CT molecular complexity index is 439. The van der Waals surface area contributed by atoms with Gasteiger partial charge in [0.05, 0.1) is 6.07 Å². The van der Waals surface area contributed by atoms with Crippen LogP contribution < -0.4 is 0 Å². The summed E-state index contributed by atoms with van der Waals surface area (Å²) in [4.78, 5) is 0. The van der Waals surface area contributed by atoms with Gasteiger partial charge in [0.25, 0.3) is 0 Å². The van der Waals surface area contributed by atoms with Crippen LogP contribution in [0.1, 0.15) is 66.2 Å². The van der Waals surface area contributed by atoms with Crippen LogP contribution in [0.3, 0.4) is 0 Å². The normalized spacial score (nSPS) is 41.1. The van der Waals surface area contributed by atoms with E-state index < -0.39 is 0 Å². The van der Waals surface area contributed by atoms with Gasteiger partial charge in [-0.2, -0.15) is 5.26 Å². The van der Waals surface area contributed by atoms with E-state index in [4.69, 9.17) is 0 Å². The molecule has 0 heterocycles. The largest absolute Gasteiger partial charge is 0.193 e. The van der Waals surface area contributed by atoms with Crippen molar-refractivity contribution in [1.29, 1.82) is 5.26 Å². The molecule has 1 nitrogen and oxygen atoms in total. The first-order chi connectivity index (χ1) is 8.33. The molecule has 98 valence electrons. The second-order valence-corrected chi connectivity index (χ2v) is 8.24. The lowest BCUT2D eigenvalue weighted by atomic mass is 9.29. The lowest BCUT2D eigenvalue weighted by Crippen LogP contribution is -2.65. The van der Waals surface area contributed by atoms with Gasteiger partial charge in [-0.25, -0.2) is 0 Å². The van der Waals surface area contributed by atoms with Crippen molar-refractivity contribution in [1.82, 2.24) is 0 Å². The summed E-state index contributed by atoms with van der Waals surface area (Å²) in [6.45, 7) is 9.47. The van der Waals surface area contributed by atoms with E-state index in [1.54, 1.807) is 5.57 Å². The Kier molecular flexibility index (Phi) is 2.32. The molecule has 0 aromatic carbocycles. The van der Waals surface area contributed by atoms with Crippen LogP contribution in [0.5, 0.6) is 0 Å². The van der Waals surface area contributed by atoms with Crippen LogP contribution >= 0.6 is 0 Å². The van der Waals surface area contributed by atoms with Gasteiger partial charge in [-0.3, -0.25) is 0 Å². The van der Waals surface area contributed by atoms with Gasteiger partial charge >= 0.3 is 0 Å². The topological polar surface area (TPSA) is 23.8 Å². The smallest absolute Gasteiger partial charge is 0.0946 e. The van der Waals surface area contributed by atoms with Crippen molar-refractivity contribution < 1.29 is 0 Å². The third kappa shape index (κ3) is 1.44. The summed E-state index contributed by atoms with van der Waals surface area (Å²) in [6, 6.07) is 2.51. The molecule has 0 spiro atoms. The summed E-state index contributed by atoms with van der Waals surface area (Å²) in [7, 11) is 0. The molecule has 4 aliphatic carbocycles. The highest BCUT2D eigenvalue weighted by Gasteiger charge is 2.70. The minimum atomic E-state index is 0.413. The highest BCUT2D eigenvalue weighted by molar-refractivity contribution is 5.42. The van der Waals surface area contributed by atoms with Gasteiger partial charge in [0.15, 0.2) is 0 Å². The summed E-state index contributed by atoms with van der Waals surface area (Å²) in [6.07, 6.45) is 7.49. The first-order valence-corrected chi connectivity index (χ1v) is 7.45. The number of hydrogen-bond acceptors (Lipinski definition) is 1. The van der Waals surface area contributed by atoms with Gasteiger partial charge in [0.2, 0.25) is 0 Å². The lowest BCUT2D eigenvalue weighted by Gasteiger charge is -2.74. The lowest BCUT2D eigenvalue weighted by molar-refractivity contribution is -0.208. The van der Waals surface area contributed by atoms with Crippen LogP contribution in [0.15, 0.2) is 11.1 Å². The molecule has 0 amide bonds. The Morgan fingerprint density at radius 3 is 2.28 bits per heavy atom. The molecule has 2 bridgehead atoms. The van der Waals surface area contributed by atoms with Crippen molar-refractivity contribution >= 4 is 0 Å². The molecule has 4 aliphatic rings. The van der Waals surface area contributed by atoms with Gasteiger partial charge in [0, 0.05) is 5.57 Å². The number of nitriles is 1. The summed E-state index contributed by atoms with van der Waals surface area (Å²) in [5.74, 6) is 0.821. The zero-order valence-electron chi connectivity index (χ0n) is 12.3. The van der Waals surface area contributed by atoms with Crippen LogP contribution in [0, 0.1) is 33.5 Å². The molecule has 3 fully saturated rings. The molecule has 1 heteroatoms. The van der Waals surface area contributed by atoms with Crippen molar-refractivity contribution in [2.24, 2.45) is 22.2 Å². The third-order valence-corrected chi connectivity index (χ3v) is 6.14. The van der Waals surface area contributed by atoms with Crippen molar-refractivity contribution in [2.45, 2.75) is 66.2 Å². The number of allylic oxidation sites excluding steroid dienone is 2. The predicted molar refractivity (Wildman–Crippen MR) is 73.8 cm³/mol. The molecule has 0 unspecified atom stereocenters. The van der Waals surface area contributed by atoms with Gasteiger partial charge in [-0.05, 0) is 66.3 Å². The van der Waals surface area contributed by atoms with E-state index in [0.717, 1.165) is 17.9 Å². The Morgan fingerprint density at radius 2 is 1.78 bits per heavy atom. The Morgan fingerprint density at radius 1 is 1.17 bits per heavy atom. The molecular formula is C17H25N. The minimum Gasteiger partial charge on any atom is -0.193 e. The van der Waals surface area contributed by atoms with E-state index >= 15 is 0 Å². The summed E-state index contributed by atoms with van der Waals surface area (Å²) in [5.41, 5.74) is 4.23. The maximum Gasteiger partial charge on any atom is 0.0946 e. The van der Waals surface area contributed by atoms with Gasteiger partial charge < -0.3 is 0 Å². The SMILES string of the molecule is CC(C)C12CC(C3=C(C#N)CCC(C)(C)C3)(C1)C2. The van der Waals surface area contributed by atoms with Crippen molar-refractivity contribution in [3.63, 3.8) is 0 Å². The van der Waals surface area contributed by atoms with Crippen molar-refractivity contribution in [3.05, 3.63) is 11.1 Å². The molecule has 0 saturated heterocycles. The third-order valence-electron chi connectivity index (χ3n) is 6.14. The molecule has 0 aliphatic heterocycles. The molecule has 3 saturated carbocycles. The summed E-state index contributed by atoms with van der Waals surface area (Å²) in [5, 5.41) is 9.40. The van der Waals surface area contributed by atoms with E-state index in [1.807, 2.05) is 0 Å². The van der Waals surface area contributed by atoms with E-state index in [-0.39, 0.29) is 0 Å². The van der Waals surface area contributed by atoms with Gasteiger partial charge in [0.1, 0.15) is 0 Å². The standard InChI is InChI=1S/C17H25N/c1-12(2)16-9-17(10-16,11-16)14-7-15(3,4)6-5-13(14)8-18/h12H,5-7,9-11H2,1-4H3. The minimum absolute atomic E-state index is 0.413. The van der Waals surface area contributed by atoms with E-state index in [9.17, 15) is 5.26 Å². The Labute approximate surface area is 111 Å². The molecule has 0 atom stereocenters. The maximum absolute atomic E-state index is 9.40. The molecule has 0 aromatic heterocycles. The van der Waals surface area contributed by atoms with E-state index in [1.165, 1.54) is 32.1 Å². The van der Waals surface area contributed by atoms with Crippen molar-refractivity contribution in [3.8, 4) is 6.07 Å². The van der Waals surface area contributed by atoms with Gasteiger partial charge in [-0.1, -0.05) is 27.7 Å².